The molecule has 2 unspecified atom stereocenters. The summed E-state index contributed by atoms with van der Waals surface area (Å²) in [6.45, 7) is 17.3. The quantitative estimate of drug-likeness (QED) is 0.0385. The third-order valence-electron chi connectivity index (χ3n) is 13.9. The molecule has 0 aliphatic carbocycles. The molecule has 0 spiro atoms. The molecule has 0 aromatic heterocycles. The number of hydrogen-bond acceptors (Lipinski definition) is 20. The Kier molecular flexibility index (Phi) is 22.3. The van der Waals surface area contributed by atoms with Gasteiger partial charge in [0.1, 0.15) is 51.1 Å². The molecule has 84 heavy (non-hydrogen) atoms. The van der Waals surface area contributed by atoms with Crippen molar-refractivity contribution in [1.29, 1.82) is 0 Å². The molecule has 4 atom stereocenters. The predicted molar refractivity (Wildman–Crippen MR) is 300 cm³/mol. The van der Waals surface area contributed by atoms with E-state index >= 15 is 0 Å². The van der Waals surface area contributed by atoms with Crippen molar-refractivity contribution in [1.82, 2.24) is 15.1 Å². The summed E-state index contributed by atoms with van der Waals surface area (Å²) in [6.07, 6.45) is -1.99. The lowest BCUT2D eigenvalue weighted by atomic mass is 10.1. The third kappa shape index (κ3) is 15.6. The van der Waals surface area contributed by atoms with Crippen molar-refractivity contribution in [2.24, 2.45) is 0 Å². The van der Waals surface area contributed by atoms with Crippen molar-refractivity contribution in [3.05, 3.63) is 120 Å². The number of aryl methyl sites for hydroxylation is 1. The second kappa shape index (κ2) is 29.7. The number of fused-ring (bicyclic) bond motifs is 4. The highest BCUT2D eigenvalue weighted by molar-refractivity contribution is 6.07. The number of hydrogen-bond donors (Lipinski definition) is 3. The molecule has 0 radical (unpaired) electrons. The van der Waals surface area contributed by atoms with Crippen molar-refractivity contribution < 1.29 is 95.9 Å². The summed E-state index contributed by atoms with van der Waals surface area (Å²) in [7, 11) is 3.79. The van der Waals surface area contributed by atoms with Crippen LogP contribution in [0.2, 0.25) is 0 Å². The molecule has 452 valence electrons. The Balaban J connectivity index is 1.06. The lowest BCUT2D eigenvalue weighted by Gasteiger charge is -2.31. The zero-order valence-electron chi connectivity index (χ0n) is 47.5. The maximum atomic E-state index is 14.1. The maximum absolute atomic E-state index is 14.1. The van der Waals surface area contributed by atoms with Crippen LogP contribution in [-0.2, 0) is 60.8 Å². The number of carbonyl (C=O) groups excluding carboxylic acids is 7. The average Bonchev–Trinajstić information content (AvgIpc) is 4.12. The van der Waals surface area contributed by atoms with Gasteiger partial charge in [-0.3, -0.25) is 24.0 Å². The van der Waals surface area contributed by atoms with Gasteiger partial charge in [-0.15, -0.1) is 0 Å². The van der Waals surface area contributed by atoms with E-state index < -0.39 is 72.4 Å². The fourth-order valence-corrected chi connectivity index (χ4v) is 9.92. The minimum Gasteiger partial charge on any atom is -0.493 e. The highest BCUT2D eigenvalue weighted by Crippen LogP contribution is 2.43. The molecule has 25 heteroatoms. The molecule has 25 nitrogen and oxygen atoms in total. The molecule has 4 heterocycles. The van der Waals surface area contributed by atoms with Gasteiger partial charge in [0.15, 0.2) is 24.0 Å². The van der Waals surface area contributed by atoms with E-state index in [4.69, 9.17) is 42.6 Å². The first-order chi connectivity index (χ1) is 40.4. The molecule has 3 aromatic carbocycles. The molecule has 0 saturated carbocycles. The van der Waals surface area contributed by atoms with Gasteiger partial charge in [-0.05, 0) is 66.8 Å². The largest absolute Gasteiger partial charge is 0.493 e. The monoisotopic (exact) mass is 1170 g/mol. The van der Waals surface area contributed by atoms with Crippen LogP contribution in [0.25, 0.3) is 0 Å². The topological polar surface area (TPSA) is 286 Å². The Morgan fingerprint density at radius 2 is 1.11 bits per heavy atom. The maximum Gasteiger partial charge on any atom is 0.416 e. The van der Waals surface area contributed by atoms with Crippen molar-refractivity contribution in [3.63, 3.8) is 0 Å². The molecule has 0 bridgehead atoms. The van der Waals surface area contributed by atoms with E-state index in [2.05, 4.69) is 41.1 Å². The van der Waals surface area contributed by atoms with Crippen molar-refractivity contribution >= 4 is 53.2 Å². The number of nitrogens with zero attached hydrogens (tertiary/aromatic N) is 4. The predicted octanol–water partition coefficient (Wildman–Crippen LogP) is 4.66. The van der Waals surface area contributed by atoms with Crippen molar-refractivity contribution in [2.45, 2.75) is 76.4 Å². The van der Waals surface area contributed by atoms with Crippen LogP contribution in [0.1, 0.15) is 63.1 Å². The van der Waals surface area contributed by atoms with Gasteiger partial charge >= 0.3 is 24.1 Å². The van der Waals surface area contributed by atoms with Gasteiger partial charge in [0.25, 0.3) is 11.8 Å². The van der Waals surface area contributed by atoms with Gasteiger partial charge in [-0.1, -0.05) is 49.6 Å². The Labute approximate surface area is 485 Å². The number of aliphatic hydroxyl groups is 2. The average molecular weight is 1170 g/mol. The van der Waals surface area contributed by atoms with Crippen molar-refractivity contribution in [3.8, 4) is 23.0 Å². The van der Waals surface area contributed by atoms with E-state index in [9.17, 15) is 43.8 Å². The summed E-state index contributed by atoms with van der Waals surface area (Å²) >= 11 is 0. The molecule has 4 aliphatic rings. The van der Waals surface area contributed by atoms with E-state index in [0.717, 1.165) is 15.4 Å². The summed E-state index contributed by atoms with van der Waals surface area (Å²) < 4.78 is 61.5. The van der Waals surface area contributed by atoms with E-state index in [0.29, 0.717) is 28.0 Å². The molecule has 4 aliphatic heterocycles. The molecule has 5 amide bonds. The van der Waals surface area contributed by atoms with Gasteiger partial charge in [-0.2, -0.15) is 0 Å². The van der Waals surface area contributed by atoms with E-state index in [1.807, 2.05) is 0 Å². The summed E-state index contributed by atoms with van der Waals surface area (Å²) in [4.78, 5) is 96.4. The lowest BCUT2D eigenvalue weighted by molar-refractivity contribution is -0.143. The van der Waals surface area contributed by atoms with Gasteiger partial charge < -0.3 is 77.4 Å². The standard InChI is InChI=1S/C59H71N5O20/c1-9-11-81-58(72)63-44-28-48(37(5)21-42(44)54(68)61-30-35(3)19-46(61)56(63)70)83-32-38-22-39(24-41(23-38)80-18-17-78-14-13-77-15-16-79-34-51(65)60-40(25-52(66)75-7)26-53(67)76-8)33-84-50-29-45-43(27-49(50)74-6)55(69)62-31-36(4)20-47(62)57(71)64(45)59(73)82-12-10-2/h9-10,21-24,27-29,40,46-47,56-57,70-71H,1-4,11-20,25-26,30-34H2,5-8H3,(H,60,65)/t46-,47-,56?,57?/m0/s1. The Hall–Kier alpha value is -8.49. The number of anilines is 2. The summed E-state index contributed by atoms with van der Waals surface area (Å²) in [5.41, 5.74) is 3.42. The van der Waals surface area contributed by atoms with E-state index in [1.54, 1.807) is 31.2 Å². The molecule has 3 aromatic rings. The minimum atomic E-state index is -1.52. The van der Waals surface area contributed by atoms with Crippen molar-refractivity contribution in [2.75, 3.05) is 104 Å². The fourth-order valence-electron chi connectivity index (χ4n) is 9.92. The molecule has 2 saturated heterocycles. The summed E-state index contributed by atoms with van der Waals surface area (Å²) in [5.74, 6) is -1.71. The number of methoxy groups -OCH3 is 3. The van der Waals surface area contributed by atoms with Crippen LogP contribution in [0.5, 0.6) is 23.0 Å². The van der Waals surface area contributed by atoms with Crippen LogP contribution >= 0.6 is 0 Å². The van der Waals surface area contributed by atoms with E-state index in [-0.39, 0.29) is 151 Å². The first-order valence-electron chi connectivity index (χ1n) is 26.9. The zero-order chi connectivity index (χ0) is 60.6. The number of nitrogens with one attached hydrogen (secondary N) is 1. The van der Waals surface area contributed by atoms with Gasteiger partial charge in [0.2, 0.25) is 5.91 Å². The third-order valence-corrected chi connectivity index (χ3v) is 13.9. The molecular weight excluding hydrogens is 1100 g/mol. The second-order valence-electron chi connectivity index (χ2n) is 19.9. The van der Waals surface area contributed by atoms with Crippen LogP contribution in [0.4, 0.5) is 21.0 Å². The number of ether oxygens (including phenoxy) is 11. The number of esters is 2. The molecule has 2 fully saturated rings. The Bertz CT molecular complexity index is 2970. The molecule has 7 rings (SSSR count). The van der Waals surface area contributed by atoms with Crippen LogP contribution in [0.15, 0.2) is 92.1 Å². The number of carbonyl (C=O) groups is 7. The van der Waals surface area contributed by atoms with Gasteiger partial charge in [0.05, 0.1) is 102 Å². The lowest BCUT2D eigenvalue weighted by Crippen LogP contribution is -2.50. The number of rotatable bonds is 28. The Morgan fingerprint density at radius 3 is 1.61 bits per heavy atom. The number of amides is 5. The van der Waals surface area contributed by atoms with E-state index in [1.165, 1.54) is 61.5 Å². The van der Waals surface area contributed by atoms with Crippen LogP contribution < -0.4 is 34.1 Å². The summed E-state index contributed by atoms with van der Waals surface area (Å²) in [6, 6.07) is 8.82. The second-order valence-corrected chi connectivity index (χ2v) is 19.9. The smallest absolute Gasteiger partial charge is 0.416 e. The molecule has 3 N–H and O–H groups in total. The Morgan fingerprint density at radius 1 is 0.631 bits per heavy atom. The fraction of sp³-hybridized carbons (Fsp3) is 0.441. The highest BCUT2D eigenvalue weighted by atomic mass is 16.6. The first-order valence-corrected chi connectivity index (χ1v) is 26.9. The van der Waals surface area contributed by atoms with Crippen LogP contribution in [0, 0.1) is 6.92 Å². The normalized spacial score (nSPS) is 17.9. The SMILES string of the molecule is C=CCOC(=O)N1c2cc(OCc3cc(COc4cc5c(cc4OC)C(=O)N4CC(=C)C[C@H]4C(O)N5C(=O)OCC=C)cc(OCCOCCOCCOCC(=O)NC(CC(=O)OC)CC(=O)OC)c3)c(C)cc2C(=O)N2CC(=C)C[C@H]2C1O. The van der Waals surface area contributed by atoms with Crippen LogP contribution in [0.3, 0.4) is 0 Å². The minimum absolute atomic E-state index is 0.0216. The van der Waals surface area contributed by atoms with Gasteiger partial charge in [0, 0.05) is 31.3 Å². The first kappa shape index (κ1) is 63.1. The zero-order valence-corrected chi connectivity index (χ0v) is 47.5. The van der Waals surface area contributed by atoms with Gasteiger partial charge in [-0.25, -0.2) is 19.4 Å². The number of aliphatic hydroxyl groups excluding tert-OH is 2. The summed E-state index contributed by atoms with van der Waals surface area (Å²) in [5, 5.41) is 26.0. The molecular formula is C59H71N5O20. The highest BCUT2D eigenvalue weighted by Gasteiger charge is 2.48. The number of benzene rings is 3. The van der Waals surface area contributed by atoms with Crippen LogP contribution in [-0.4, -0.2) is 186 Å².